The van der Waals surface area contributed by atoms with Crippen LogP contribution < -0.4 is 14.4 Å². The maximum absolute atomic E-state index is 13.5. The van der Waals surface area contributed by atoms with E-state index in [1.54, 1.807) is 6.07 Å². The molecule has 2 aromatic carbocycles. The standard InChI is InChI=1S/C25H23F4N3O4S/c26-23-2-1-3-24(30-23)31-37(33,34)17-5-7-20-18(8-11-36-22(20)15-17)19-6-4-16(25(27,28)29)14-21(19)32-9-12-35-13-10-32/h1-7,14-15,18H,8-13H2,(H,30,31). The number of halogens is 4. The van der Waals surface area contributed by atoms with Crippen LogP contribution in [0.3, 0.4) is 0 Å². The zero-order chi connectivity index (χ0) is 26.2. The highest BCUT2D eigenvalue weighted by molar-refractivity contribution is 7.92. The van der Waals surface area contributed by atoms with E-state index in [9.17, 15) is 26.0 Å². The molecule has 0 bridgehead atoms. The highest BCUT2D eigenvalue weighted by Crippen LogP contribution is 2.44. The largest absolute Gasteiger partial charge is 0.493 e. The topological polar surface area (TPSA) is 80.8 Å². The number of benzene rings is 2. The van der Waals surface area contributed by atoms with Crippen LogP contribution in [0.25, 0.3) is 0 Å². The molecule has 0 aliphatic carbocycles. The number of ether oxygens (including phenoxy) is 2. The number of aromatic nitrogens is 1. The summed E-state index contributed by atoms with van der Waals surface area (Å²) in [6.07, 6.45) is -3.98. The van der Waals surface area contributed by atoms with Crippen molar-refractivity contribution < 1.29 is 35.5 Å². The molecular formula is C25H23F4N3O4S. The Morgan fingerprint density at radius 2 is 1.73 bits per heavy atom. The minimum Gasteiger partial charge on any atom is -0.493 e. The molecule has 0 spiro atoms. The minimum absolute atomic E-state index is 0.112. The monoisotopic (exact) mass is 537 g/mol. The van der Waals surface area contributed by atoms with Gasteiger partial charge in [0.05, 0.1) is 30.3 Å². The highest BCUT2D eigenvalue weighted by atomic mass is 32.2. The molecule has 3 heterocycles. The van der Waals surface area contributed by atoms with Crippen molar-refractivity contribution in [3.05, 3.63) is 77.2 Å². The fourth-order valence-electron chi connectivity index (χ4n) is 4.61. The summed E-state index contributed by atoms with van der Waals surface area (Å²) in [4.78, 5) is 5.29. The molecule has 12 heteroatoms. The lowest BCUT2D eigenvalue weighted by atomic mass is 9.85. The van der Waals surface area contributed by atoms with E-state index in [4.69, 9.17) is 9.47 Å². The number of rotatable bonds is 5. The number of morpholine rings is 1. The average molecular weight is 538 g/mol. The quantitative estimate of drug-likeness (QED) is 0.373. The van der Waals surface area contributed by atoms with Crippen molar-refractivity contribution in [2.75, 3.05) is 42.5 Å². The van der Waals surface area contributed by atoms with E-state index in [0.717, 1.165) is 12.1 Å². The second-order valence-electron chi connectivity index (χ2n) is 8.71. The molecule has 1 saturated heterocycles. The third-order valence-corrected chi connectivity index (χ3v) is 7.73. The zero-order valence-electron chi connectivity index (χ0n) is 19.5. The van der Waals surface area contributed by atoms with E-state index in [2.05, 4.69) is 9.71 Å². The predicted molar refractivity (Wildman–Crippen MR) is 128 cm³/mol. The second-order valence-corrected chi connectivity index (χ2v) is 10.4. The first-order valence-electron chi connectivity index (χ1n) is 11.6. The molecule has 2 aliphatic heterocycles. The summed E-state index contributed by atoms with van der Waals surface area (Å²) in [5.74, 6) is -0.988. The second kappa shape index (κ2) is 9.82. The SMILES string of the molecule is O=S(=O)(Nc1cccc(F)n1)c1ccc2c(c1)OCCC2c1ccc(C(F)(F)F)cc1N1CCOCC1. The number of nitrogens with zero attached hydrogens (tertiary/aromatic N) is 2. The van der Waals surface area contributed by atoms with E-state index < -0.39 is 27.7 Å². The first-order valence-corrected chi connectivity index (χ1v) is 13.1. The summed E-state index contributed by atoms with van der Waals surface area (Å²) >= 11 is 0. The number of fused-ring (bicyclic) bond motifs is 1. The number of alkyl halides is 3. The van der Waals surface area contributed by atoms with Crippen LogP contribution in [0.4, 0.5) is 29.1 Å². The van der Waals surface area contributed by atoms with Crippen molar-refractivity contribution in [2.45, 2.75) is 23.4 Å². The van der Waals surface area contributed by atoms with Crippen molar-refractivity contribution in [3.63, 3.8) is 0 Å². The van der Waals surface area contributed by atoms with Gasteiger partial charge in [-0.05, 0) is 42.3 Å². The molecule has 0 amide bonds. The molecular weight excluding hydrogens is 514 g/mol. The van der Waals surface area contributed by atoms with Crippen LogP contribution in [-0.2, 0) is 20.9 Å². The molecule has 1 fully saturated rings. The van der Waals surface area contributed by atoms with E-state index in [0.29, 0.717) is 55.3 Å². The maximum atomic E-state index is 13.5. The number of pyridine rings is 1. The van der Waals surface area contributed by atoms with Crippen LogP contribution in [0.5, 0.6) is 5.75 Å². The molecule has 0 saturated carbocycles. The lowest BCUT2D eigenvalue weighted by molar-refractivity contribution is -0.137. The number of hydrogen-bond donors (Lipinski definition) is 1. The Bertz CT molecular complexity index is 1410. The molecule has 1 N–H and O–H groups in total. The van der Waals surface area contributed by atoms with Crippen molar-refractivity contribution in [1.29, 1.82) is 0 Å². The summed E-state index contributed by atoms with van der Waals surface area (Å²) < 4.78 is 93.1. The lowest BCUT2D eigenvalue weighted by Gasteiger charge is -2.34. The van der Waals surface area contributed by atoms with Gasteiger partial charge in [-0.3, -0.25) is 4.72 Å². The lowest BCUT2D eigenvalue weighted by Crippen LogP contribution is -2.37. The van der Waals surface area contributed by atoms with Gasteiger partial charge in [-0.1, -0.05) is 18.2 Å². The van der Waals surface area contributed by atoms with Gasteiger partial charge in [0.15, 0.2) is 0 Å². The van der Waals surface area contributed by atoms with Gasteiger partial charge >= 0.3 is 6.18 Å². The first-order chi connectivity index (χ1) is 17.6. The summed E-state index contributed by atoms with van der Waals surface area (Å²) in [7, 11) is -4.10. The van der Waals surface area contributed by atoms with Gasteiger partial charge in [-0.25, -0.2) is 13.4 Å². The van der Waals surface area contributed by atoms with E-state index in [1.165, 1.54) is 36.4 Å². The van der Waals surface area contributed by atoms with Crippen molar-refractivity contribution in [3.8, 4) is 5.75 Å². The number of hydrogen-bond acceptors (Lipinski definition) is 6. The molecule has 3 aromatic rings. The predicted octanol–water partition coefficient (Wildman–Crippen LogP) is 4.79. The Hall–Kier alpha value is -3.38. The molecule has 2 aliphatic rings. The smallest absolute Gasteiger partial charge is 0.416 e. The van der Waals surface area contributed by atoms with Gasteiger partial charge in [-0.15, -0.1) is 0 Å². The summed E-state index contributed by atoms with van der Waals surface area (Å²) in [6, 6.07) is 11.8. The minimum atomic E-state index is -4.49. The zero-order valence-corrected chi connectivity index (χ0v) is 20.3. The molecule has 1 aromatic heterocycles. The van der Waals surface area contributed by atoms with Crippen molar-refractivity contribution >= 4 is 21.5 Å². The first kappa shape index (κ1) is 25.3. The Kier molecular flexibility index (Phi) is 6.71. The molecule has 1 unspecified atom stereocenters. The van der Waals surface area contributed by atoms with Crippen LogP contribution in [0.1, 0.15) is 29.0 Å². The van der Waals surface area contributed by atoms with E-state index >= 15 is 0 Å². The Balaban J connectivity index is 1.51. The number of nitrogens with one attached hydrogen (secondary N) is 1. The van der Waals surface area contributed by atoms with Crippen LogP contribution in [0.2, 0.25) is 0 Å². The van der Waals surface area contributed by atoms with Gasteiger partial charge in [0.25, 0.3) is 10.0 Å². The van der Waals surface area contributed by atoms with Gasteiger partial charge in [0.2, 0.25) is 5.95 Å². The van der Waals surface area contributed by atoms with Crippen LogP contribution in [0.15, 0.2) is 59.5 Å². The van der Waals surface area contributed by atoms with Crippen LogP contribution in [0, 0.1) is 5.95 Å². The molecule has 37 heavy (non-hydrogen) atoms. The van der Waals surface area contributed by atoms with Crippen molar-refractivity contribution in [2.24, 2.45) is 0 Å². The summed E-state index contributed by atoms with van der Waals surface area (Å²) in [5.41, 5.74) is 1.12. The number of sulfonamides is 1. The Morgan fingerprint density at radius 1 is 0.973 bits per heavy atom. The van der Waals surface area contributed by atoms with Gasteiger partial charge in [-0.2, -0.15) is 17.6 Å². The molecule has 5 rings (SSSR count). The van der Waals surface area contributed by atoms with E-state index in [-0.39, 0.29) is 23.2 Å². The Labute approximate surface area is 211 Å². The van der Waals surface area contributed by atoms with Gasteiger partial charge < -0.3 is 14.4 Å². The number of anilines is 2. The van der Waals surface area contributed by atoms with Crippen molar-refractivity contribution in [1.82, 2.24) is 4.98 Å². The van der Waals surface area contributed by atoms with E-state index in [1.807, 2.05) is 4.90 Å². The molecule has 1 atom stereocenters. The third-order valence-electron chi connectivity index (χ3n) is 6.37. The molecule has 7 nitrogen and oxygen atoms in total. The third kappa shape index (κ3) is 5.35. The molecule has 196 valence electrons. The normalized spacial score (nSPS) is 18.2. The fraction of sp³-hybridized carbons (Fsp3) is 0.320. The average Bonchev–Trinajstić information content (AvgIpc) is 2.87. The van der Waals surface area contributed by atoms with Gasteiger partial charge in [0, 0.05) is 36.3 Å². The maximum Gasteiger partial charge on any atom is 0.416 e. The van der Waals surface area contributed by atoms with Crippen LogP contribution in [-0.4, -0.2) is 46.3 Å². The Morgan fingerprint density at radius 3 is 2.46 bits per heavy atom. The fourth-order valence-corrected chi connectivity index (χ4v) is 5.63. The van der Waals surface area contributed by atoms with Gasteiger partial charge in [0.1, 0.15) is 11.6 Å². The summed E-state index contributed by atoms with van der Waals surface area (Å²) in [6.45, 7) is 2.00. The summed E-state index contributed by atoms with van der Waals surface area (Å²) in [5, 5.41) is 0. The van der Waals surface area contributed by atoms with Crippen LogP contribution >= 0.6 is 0 Å². The highest BCUT2D eigenvalue weighted by Gasteiger charge is 2.34. The molecule has 0 radical (unpaired) electrons.